The highest BCUT2D eigenvalue weighted by atomic mass is 32.1. The van der Waals surface area contributed by atoms with Crippen LogP contribution in [0.1, 0.15) is 0 Å². The van der Waals surface area contributed by atoms with Gasteiger partial charge in [-0.3, -0.25) is 0 Å². The van der Waals surface area contributed by atoms with Crippen LogP contribution in [-0.4, -0.2) is 17.8 Å². The number of thiophene rings is 2. The monoisotopic (exact) mass is 1550 g/mol. The van der Waals surface area contributed by atoms with Crippen molar-refractivity contribution in [2.24, 2.45) is 0 Å². The van der Waals surface area contributed by atoms with Crippen LogP contribution in [0.15, 0.2) is 376 Å². The second-order valence-corrected chi connectivity index (χ2v) is 35.3. The van der Waals surface area contributed by atoms with Crippen LogP contribution in [0.2, 0.25) is 0 Å². The van der Waals surface area contributed by atoms with Crippen LogP contribution in [0.25, 0.3) is 280 Å². The molecule has 0 spiro atoms. The Balaban J connectivity index is 0.0000000916. The molecule has 0 saturated heterocycles. The summed E-state index contributed by atoms with van der Waals surface area (Å²) in [6.45, 7) is 0. The molecule has 0 bridgehead atoms. The van der Waals surface area contributed by atoms with Gasteiger partial charge in [0.1, 0.15) is 0 Å². The number of para-hydroxylation sites is 2. The molecule has 0 fully saturated rings. The van der Waals surface area contributed by atoms with E-state index in [2.05, 4.69) is 394 Å². The van der Waals surface area contributed by atoms with Crippen molar-refractivity contribution in [1.29, 1.82) is 0 Å². The van der Waals surface area contributed by atoms with Gasteiger partial charge in [0, 0.05) is 121 Å². The fourth-order valence-corrected chi connectivity index (χ4v) is 24.6. The summed E-state index contributed by atoms with van der Waals surface area (Å²) in [5.74, 6) is 0. The van der Waals surface area contributed by atoms with Crippen LogP contribution in [0.3, 0.4) is 0 Å². The van der Waals surface area contributed by atoms with E-state index in [1.165, 1.54) is 280 Å². The fraction of sp³-hybridized carbons (Fsp3) is 0. The molecule has 6 heteroatoms. The Kier molecular flexibility index (Phi) is 12.5. The molecule has 0 amide bonds. The van der Waals surface area contributed by atoms with Crippen LogP contribution < -0.4 is 0 Å². The van der Waals surface area contributed by atoms with Crippen molar-refractivity contribution in [1.82, 2.24) is 17.8 Å². The van der Waals surface area contributed by atoms with Crippen LogP contribution in [0, 0.1) is 0 Å². The minimum Gasteiger partial charge on any atom is -0.309 e. The van der Waals surface area contributed by atoms with E-state index in [4.69, 9.17) is 0 Å². The molecule has 0 aliphatic rings. The normalized spacial score (nSPS) is 12.7. The minimum atomic E-state index is 1.18. The van der Waals surface area contributed by atoms with Crippen molar-refractivity contribution >= 4 is 264 Å². The maximum atomic E-state index is 2.51. The van der Waals surface area contributed by atoms with Crippen molar-refractivity contribution in [2.45, 2.75) is 0 Å². The average Bonchev–Trinajstić information content (AvgIpc) is 1.53. The molecule has 0 atom stereocenters. The topological polar surface area (TPSA) is 18.2 Å². The van der Waals surface area contributed by atoms with E-state index in [9.17, 15) is 0 Å². The standard InChI is InChI=1S/C42H24N2.2C36H19NS/c1-2-9-27(10-3-1)43-36-15-7-6-13-30(36)34-23-25(17-21-37(34)43)26-18-22-38-35(24-26)33-20-19-32-29-12-5-4-11-28(29)31-14-8-16-39-40(31)41(32)42(33)44(38)39;1-2-7-23-22(6-1)25-9-5-10-31-34(25)35-26(23)14-15-27-28-18-20(12-16-30(28)37(31)36(27)35)21-13-17-33-29(19-21)24-8-3-4-11-32(24)38-33;1-2-7-23-22(6-1)26-9-5-10-31-34(26)35-27(23)15-16-28-29-18-20(13-17-30(29)37(31)36(28)35)21-12-14-25-24-8-3-4-11-32(24)38-33(25)19-21/h1-24H;2*1-19H. The van der Waals surface area contributed by atoms with E-state index in [1.807, 2.05) is 22.7 Å². The molecule has 4 nitrogen and oxygen atoms in total. The highest BCUT2D eigenvalue weighted by Gasteiger charge is 2.28. The van der Waals surface area contributed by atoms with E-state index >= 15 is 0 Å². The Hall–Kier alpha value is -15.2. The number of nitrogens with zero attached hydrogens (tertiary/aromatic N) is 4. The summed E-state index contributed by atoms with van der Waals surface area (Å²) in [5.41, 5.74) is 23.0. The summed E-state index contributed by atoms with van der Waals surface area (Å²) in [7, 11) is 0. The van der Waals surface area contributed by atoms with Crippen LogP contribution in [0.4, 0.5) is 0 Å². The van der Waals surface area contributed by atoms with Gasteiger partial charge >= 0.3 is 0 Å². The van der Waals surface area contributed by atoms with Gasteiger partial charge in [-0.15, -0.1) is 22.7 Å². The smallest absolute Gasteiger partial charge is 0.0626 e. The predicted molar refractivity (Wildman–Crippen MR) is 518 cm³/mol. The summed E-state index contributed by atoms with van der Waals surface area (Å²) in [6.07, 6.45) is 0. The van der Waals surface area contributed by atoms with Crippen LogP contribution >= 0.6 is 22.7 Å². The first-order valence-corrected chi connectivity index (χ1v) is 43.1. The first-order valence-electron chi connectivity index (χ1n) is 41.5. The molecular weight excluding hydrogens is 1490 g/mol. The lowest BCUT2D eigenvalue weighted by atomic mass is 9.93. The van der Waals surface area contributed by atoms with Gasteiger partial charge in [-0.2, -0.15) is 0 Å². The first kappa shape index (κ1) is 64.0. The van der Waals surface area contributed by atoms with E-state index in [0.717, 1.165) is 0 Å². The van der Waals surface area contributed by atoms with E-state index in [1.54, 1.807) is 0 Å². The maximum absolute atomic E-state index is 2.51. The quantitative estimate of drug-likeness (QED) is 0.156. The molecule has 9 heterocycles. The van der Waals surface area contributed by atoms with Gasteiger partial charge in [-0.1, -0.05) is 261 Å². The highest BCUT2D eigenvalue weighted by molar-refractivity contribution is 7.26. The van der Waals surface area contributed by atoms with Crippen molar-refractivity contribution in [3.8, 4) is 39.1 Å². The number of aromatic nitrogens is 4. The van der Waals surface area contributed by atoms with E-state index in [-0.39, 0.29) is 0 Å². The van der Waals surface area contributed by atoms with Gasteiger partial charge < -0.3 is 17.8 Å². The first-order chi connectivity index (χ1) is 59.5. The Bertz CT molecular complexity index is 9820. The molecule has 0 N–H and O–H groups in total. The predicted octanol–water partition coefficient (Wildman–Crippen LogP) is 32.6. The molecule has 0 aliphatic carbocycles. The number of benzene rings is 22. The third kappa shape index (κ3) is 8.33. The molecule has 0 aliphatic heterocycles. The van der Waals surface area contributed by atoms with Gasteiger partial charge in [-0.05, 0) is 213 Å². The van der Waals surface area contributed by atoms with Gasteiger partial charge in [0.05, 0.1) is 60.7 Å². The average molecular weight is 1550 g/mol. The lowest BCUT2D eigenvalue weighted by Crippen LogP contribution is -1.92. The number of fused-ring (bicyclic) bond motifs is 30. The lowest BCUT2D eigenvalue weighted by Gasteiger charge is -2.10. The Morgan fingerprint density at radius 3 is 0.867 bits per heavy atom. The molecule has 0 unspecified atom stereocenters. The molecule has 0 radical (unpaired) electrons. The summed E-state index contributed by atoms with van der Waals surface area (Å²) in [6, 6.07) is 140. The third-order valence-corrected chi connectivity index (χ3v) is 29.6. The van der Waals surface area contributed by atoms with Crippen molar-refractivity contribution in [3.63, 3.8) is 0 Å². The molecule has 31 aromatic rings. The lowest BCUT2D eigenvalue weighted by molar-refractivity contribution is 1.18. The van der Waals surface area contributed by atoms with Gasteiger partial charge in [0.15, 0.2) is 0 Å². The molecule has 31 rings (SSSR count). The van der Waals surface area contributed by atoms with Crippen molar-refractivity contribution in [3.05, 3.63) is 376 Å². The summed E-state index contributed by atoms with van der Waals surface area (Å²) >= 11 is 3.76. The maximum Gasteiger partial charge on any atom is 0.0626 e. The van der Waals surface area contributed by atoms with Gasteiger partial charge in [-0.25, -0.2) is 0 Å². The van der Waals surface area contributed by atoms with E-state index < -0.39 is 0 Å². The second-order valence-electron chi connectivity index (χ2n) is 33.1. The molecule has 22 aromatic carbocycles. The summed E-state index contributed by atoms with van der Waals surface area (Å²) < 4.78 is 15.3. The Morgan fingerprint density at radius 2 is 0.417 bits per heavy atom. The Morgan fingerprint density at radius 1 is 0.142 bits per heavy atom. The third-order valence-electron chi connectivity index (χ3n) is 27.4. The number of rotatable bonds is 4. The molecule has 9 aromatic heterocycles. The molecule has 120 heavy (non-hydrogen) atoms. The summed E-state index contributed by atoms with van der Waals surface area (Å²) in [4.78, 5) is 0. The SMILES string of the molecule is c1ccc(-n2c3ccccc3c3cc(-c4ccc5c(c4)c4ccc6c7ccccc7c7cccc8c7c6c4n58)ccc32)cc1.c1ccc2c(c1)sc1cc(-c3ccc4c(c3)c3ccc5c6ccccc6c6cccc7c6c5c3n47)ccc12.c1ccc2c(c1)sc1ccc(-c3ccc4c(c3)c3ccc5c6ccccc6c6cccc7c6c5c3n47)cc12. The molecular formula is C114H62N4S2. The zero-order valence-corrected chi connectivity index (χ0v) is 66.0. The van der Waals surface area contributed by atoms with Crippen LogP contribution in [0.5, 0.6) is 0 Å². The zero-order valence-electron chi connectivity index (χ0n) is 64.4. The zero-order chi connectivity index (χ0) is 77.6. The summed E-state index contributed by atoms with van der Waals surface area (Å²) in [5, 5.41) is 40.4. The molecule has 0 saturated carbocycles. The van der Waals surface area contributed by atoms with Crippen LogP contribution in [-0.2, 0) is 0 Å². The molecule has 550 valence electrons. The number of hydrogen-bond acceptors (Lipinski definition) is 2. The van der Waals surface area contributed by atoms with Gasteiger partial charge in [0.25, 0.3) is 0 Å². The fourth-order valence-electron chi connectivity index (χ4n) is 22.4. The van der Waals surface area contributed by atoms with Crippen molar-refractivity contribution in [2.75, 3.05) is 0 Å². The van der Waals surface area contributed by atoms with E-state index in [0.29, 0.717) is 0 Å². The number of hydrogen-bond donors (Lipinski definition) is 0. The Labute approximate surface area is 691 Å². The largest absolute Gasteiger partial charge is 0.309 e. The van der Waals surface area contributed by atoms with Gasteiger partial charge in [0.2, 0.25) is 0 Å². The minimum absolute atomic E-state index is 1.18. The highest BCUT2D eigenvalue weighted by Crippen LogP contribution is 2.53. The second kappa shape index (κ2) is 23.3. The van der Waals surface area contributed by atoms with Crippen molar-refractivity contribution < 1.29 is 0 Å².